The van der Waals surface area contributed by atoms with E-state index in [2.05, 4.69) is 57.1 Å². The van der Waals surface area contributed by atoms with Gasteiger partial charge in [0, 0.05) is 31.7 Å². The van der Waals surface area contributed by atoms with Gasteiger partial charge in [-0.25, -0.2) is 0 Å². The number of piperidine rings is 1. The summed E-state index contributed by atoms with van der Waals surface area (Å²) >= 11 is 0. The smallest absolute Gasteiger partial charge is 0.0126 e. The number of piperazine rings is 1. The fourth-order valence-corrected chi connectivity index (χ4v) is 2.93. The maximum atomic E-state index is 3.44. The van der Waals surface area contributed by atoms with Crippen LogP contribution in [-0.4, -0.2) is 49.7 Å². The SMILES string of the molecule is C.C.C.CC(C)(C)C1CCCNC1.CC(C)(C)N1CCNCC1. The van der Waals surface area contributed by atoms with Crippen LogP contribution in [0, 0.1) is 11.3 Å². The fourth-order valence-electron chi connectivity index (χ4n) is 2.93. The van der Waals surface area contributed by atoms with E-state index in [1.165, 1.54) is 39.0 Å². The van der Waals surface area contributed by atoms with Gasteiger partial charge in [-0.3, -0.25) is 4.90 Å². The van der Waals surface area contributed by atoms with Crippen LogP contribution in [0.4, 0.5) is 0 Å². The van der Waals surface area contributed by atoms with Crippen molar-refractivity contribution in [3.8, 4) is 0 Å². The van der Waals surface area contributed by atoms with Crippen LogP contribution in [0.1, 0.15) is 76.7 Å². The molecule has 2 saturated heterocycles. The molecule has 3 heteroatoms. The third-order valence-corrected chi connectivity index (χ3v) is 4.59. The highest BCUT2D eigenvalue weighted by atomic mass is 15.2. The van der Waals surface area contributed by atoms with Crippen molar-refractivity contribution < 1.29 is 0 Å². The van der Waals surface area contributed by atoms with Gasteiger partial charge >= 0.3 is 0 Å². The average Bonchev–Trinajstić information content (AvgIpc) is 2.40. The Morgan fingerprint density at radius 3 is 1.57 bits per heavy atom. The summed E-state index contributed by atoms with van der Waals surface area (Å²) in [6.07, 6.45) is 2.78. The minimum absolute atomic E-state index is 0. The van der Waals surface area contributed by atoms with Gasteiger partial charge in [0.05, 0.1) is 0 Å². The van der Waals surface area contributed by atoms with Gasteiger partial charge in [-0.05, 0) is 58.0 Å². The largest absolute Gasteiger partial charge is 0.316 e. The maximum absolute atomic E-state index is 3.44. The summed E-state index contributed by atoms with van der Waals surface area (Å²) in [6.45, 7) is 21.0. The van der Waals surface area contributed by atoms with Crippen LogP contribution in [0.5, 0.6) is 0 Å². The molecule has 2 fully saturated rings. The lowest BCUT2D eigenvalue weighted by Crippen LogP contribution is -2.51. The van der Waals surface area contributed by atoms with E-state index in [1.807, 2.05) is 0 Å². The van der Waals surface area contributed by atoms with Gasteiger partial charge in [-0.2, -0.15) is 0 Å². The van der Waals surface area contributed by atoms with Crippen molar-refractivity contribution in [2.24, 2.45) is 11.3 Å². The average molecular weight is 332 g/mol. The Bertz CT molecular complexity index is 223. The summed E-state index contributed by atoms with van der Waals surface area (Å²) in [7, 11) is 0. The molecule has 0 radical (unpaired) electrons. The van der Waals surface area contributed by atoms with Crippen molar-refractivity contribution in [3.63, 3.8) is 0 Å². The van der Waals surface area contributed by atoms with E-state index in [-0.39, 0.29) is 22.3 Å². The summed E-state index contributed by atoms with van der Waals surface area (Å²) < 4.78 is 0. The highest BCUT2D eigenvalue weighted by molar-refractivity contribution is 4.80. The maximum Gasteiger partial charge on any atom is 0.0126 e. The molecule has 144 valence electrons. The molecule has 0 saturated carbocycles. The normalized spacial score (nSPS) is 22.4. The van der Waals surface area contributed by atoms with Crippen molar-refractivity contribution in [1.82, 2.24) is 15.5 Å². The molecular formula is C20H49N3. The van der Waals surface area contributed by atoms with Gasteiger partial charge in [0.1, 0.15) is 0 Å². The first-order valence-electron chi connectivity index (χ1n) is 8.38. The Labute approximate surface area is 149 Å². The summed E-state index contributed by atoms with van der Waals surface area (Å²) in [5, 5.41) is 6.79. The molecule has 2 aliphatic rings. The Morgan fingerprint density at radius 2 is 1.30 bits per heavy atom. The van der Waals surface area contributed by atoms with Crippen molar-refractivity contribution in [2.45, 2.75) is 82.2 Å². The van der Waals surface area contributed by atoms with Gasteiger partial charge in [0.2, 0.25) is 0 Å². The first-order valence-corrected chi connectivity index (χ1v) is 8.38. The topological polar surface area (TPSA) is 27.3 Å². The second-order valence-corrected chi connectivity index (χ2v) is 8.32. The number of nitrogens with one attached hydrogen (secondary N) is 2. The van der Waals surface area contributed by atoms with Crippen LogP contribution < -0.4 is 10.6 Å². The minimum Gasteiger partial charge on any atom is -0.316 e. The molecule has 2 heterocycles. The third-order valence-electron chi connectivity index (χ3n) is 4.59. The lowest BCUT2D eigenvalue weighted by molar-refractivity contribution is 0.119. The van der Waals surface area contributed by atoms with Crippen LogP contribution in [0.3, 0.4) is 0 Å². The Balaban J connectivity index is -0.000000308. The monoisotopic (exact) mass is 331 g/mol. The Morgan fingerprint density at radius 1 is 0.783 bits per heavy atom. The number of nitrogens with zero attached hydrogens (tertiary/aromatic N) is 1. The molecular weight excluding hydrogens is 282 g/mol. The van der Waals surface area contributed by atoms with E-state index in [4.69, 9.17) is 0 Å². The fraction of sp³-hybridized carbons (Fsp3) is 1.00. The van der Waals surface area contributed by atoms with Crippen molar-refractivity contribution in [3.05, 3.63) is 0 Å². The lowest BCUT2D eigenvalue weighted by Gasteiger charge is -2.38. The van der Waals surface area contributed by atoms with Crippen molar-refractivity contribution in [1.29, 1.82) is 0 Å². The van der Waals surface area contributed by atoms with Crippen LogP contribution in [-0.2, 0) is 0 Å². The van der Waals surface area contributed by atoms with E-state index >= 15 is 0 Å². The molecule has 2 N–H and O–H groups in total. The molecule has 2 aliphatic heterocycles. The van der Waals surface area contributed by atoms with Crippen molar-refractivity contribution >= 4 is 0 Å². The number of rotatable bonds is 0. The second kappa shape index (κ2) is 12.3. The van der Waals surface area contributed by atoms with Crippen LogP contribution >= 0.6 is 0 Å². The Hall–Kier alpha value is -0.120. The van der Waals surface area contributed by atoms with Crippen molar-refractivity contribution in [2.75, 3.05) is 39.3 Å². The molecule has 0 aromatic heterocycles. The molecule has 3 nitrogen and oxygen atoms in total. The summed E-state index contributed by atoms with van der Waals surface area (Å²) in [5.74, 6) is 0.890. The van der Waals surface area contributed by atoms with Crippen LogP contribution in [0.25, 0.3) is 0 Å². The third kappa shape index (κ3) is 11.1. The molecule has 0 aromatic carbocycles. The van der Waals surface area contributed by atoms with Gasteiger partial charge in [0.25, 0.3) is 0 Å². The zero-order valence-electron chi connectivity index (χ0n) is 14.7. The van der Waals surface area contributed by atoms with Gasteiger partial charge < -0.3 is 10.6 Å². The molecule has 0 amide bonds. The molecule has 23 heavy (non-hydrogen) atoms. The summed E-state index contributed by atoms with van der Waals surface area (Å²) in [6, 6.07) is 0. The first kappa shape index (κ1) is 27.7. The number of hydrogen-bond donors (Lipinski definition) is 2. The van der Waals surface area contributed by atoms with Gasteiger partial charge in [0.15, 0.2) is 0 Å². The summed E-state index contributed by atoms with van der Waals surface area (Å²) in [5.41, 5.74) is 0.871. The Kier molecular flexibility index (Phi) is 14.8. The zero-order chi connectivity index (χ0) is 15.2. The van der Waals surface area contributed by atoms with E-state index in [0.29, 0.717) is 11.0 Å². The number of hydrogen-bond acceptors (Lipinski definition) is 3. The quantitative estimate of drug-likeness (QED) is 0.677. The highest BCUT2D eigenvalue weighted by Crippen LogP contribution is 2.30. The van der Waals surface area contributed by atoms with Crippen LogP contribution in [0.15, 0.2) is 0 Å². The van der Waals surface area contributed by atoms with E-state index in [1.54, 1.807) is 0 Å². The van der Waals surface area contributed by atoms with E-state index in [0.717, 1.165) is 19.0 Å². The zero-order valence-corrected chi connectivity index (χ0v) is 14.7. The molecule has 1 atom stereocenters. The lowest BCUT2D eigenvalue weighted by atomic mass is 9.77. The molecule has 0 spiro atoms. The predicted octanol–water partition coefficient (Wildman–Crippen LogP) is 4.63. The van der Waals surface area contributed by atoms with Crippen LogP contribution in [0.2, 0.25) is 0 Å². The second-order valence-electron chi connectivity index (χ2n) is 8.32. The molecule has 0 aromatic rings. The molecule has 0 bridgehead atoms. The summed E-state index contributed by atoms with van der Waals surface area (Å²) in [4.78, 5) is 2.52. The van der Waals surface area contributed by atoms with Gasteiger partial charge in [-0.1, -0.05) is 43.1 Å². The molecule has 1 unspecified atom stereocenters. The first-order chi connectivity index (χ1) is 9.21. The minimum atomic E-state index is 0. The molecule has 2 rings (SSSR count). The predicted molar refractivity (Wildman–Crippen MR) is 109 cm³/mol. The van der Waals surface area contributed by atoms with E-state index in [9.17, 15) is 0 Å². The van der Waals surface area contributed by atoms with Gasteiger partial charge in [-0.15, -0.1) is 0 Å². The van der Waals surface area contributed by atoms with E-state index < -0.39 is 0 Å². The highest BCUT2D eigenvalue weighted by Gasteiger charge is 2.25. The molecule has 0 aliphatic carbocycles. The standard InChI is InChI=1S/C9H19N.C8H18N2.3CH4/c1-9(2,3)8-5-4-6-10-7-8;1-8(2,3)10-6-4-9-5-7-10;;;/h8,10H,4-7H2,1-3H3;9H,4-7H2,1-3H3;3*1H4.